The third-order valence-electron chi connectivity index (χ3n) is 3.43. The first-order chi connectivity index (χ1) is 8.00. The van der Waals surface area contributed by atoms with E-state index in [0.717, 1.165) is 18.5 Å². The predicted molar refractivity (Wildman–Crippen MR) is 73.6 cm³/mol. The van der Waals surface area contributed by atoms with Gasteiger partial charge in [-0.2, -0.15) is 0 Å². The van der Waals surface area contributed by atoms with Gasteiger partial charge in [0.2, 0.25) is 0 Å². The summed E-state index contributed by atoms with van der Waals surface area (Å²) in [5.41, 5.74) is 7.31. The second-order valence-electron chi connectivity index (χ2n) is 4.89. The highest BCUT2D eigenvalue weighted by Gasteiger charge is 2.35. The van der Waals surface area contributed by atoms with Crippen LogP contribution in [0.5, 0.6) is 0 Å². The van der Waals surface area contributed by atoms with Crippen LogP contribution in [0.25, 0.3) is 0 Å². The molecule has 1 saturated heterocycles. The van der Waals surface area contributed by atoms with Crippen LogP contribution < -0.4 is 5.73 Å². The third-order valence-corrected chi connectivity index (χ3v) is 3.99. The molecule has 2 unspecified atom stereocenters. The highest BCUT2D eigenvalue weighted by atomic mass is 35.5. The molecular formula is C13H18Cl2N2. The minimum Gasteiger partial charge on any atom is -0.326 e. The van der Waals surface area contributed by atoms with Crippen molar-refractivity contribution in [1.29, 1.82) is 0 Å². The summed E-state index contributed by atoms with van der Waals surface area (Å²) in [6.07, 6.45) is 1.02. The van der Waals surface area contributed by atoms with Gasteiger partial charge in [0, 0.05) is 28.7 Å². The highest BCUT2D eigenvalue weighted by Crippen LogP contribution is 2.37. The molecule has 17 heavy (non-hydrogen) atoms. The number of hydrogen-bond acceptors (Lipinski definition) is 2. The lowest BCUT2D eigenvalue weighted by Gasteiger charge is -2.31. The van der Waals surface area contributed by atoms with E-state index >= 15 is 0 Å². The van der Waals surface area contributed by atoms with Crippen molar-refractivity contribution in [1.82, 2.24) is 4.90 Å². The van der Waals surface area contributed by atoms with Crippen molar-refractivity contribution >= 4 is 23.2 Å². The van der Waals surface area contributed by atoms with E-state index in [1.54, 1.807) is 6.07 Å². The minimum atomic E-state index is 0.149. The van der Waals surface area contributed by atoms with Crippen molar-refractivity contribution in [2.75, 3.05) is 6.54 Å². The summed E-state index contributed by atoms with van der Waals surface area (Å²) in [5.74, 6) is 0. The Morgan fingerprint density at radius 1 is 1.35 bits per heavy atom. The van der Waals surface area contributed by atoms with E-state index in [1.165, 1.54) is 0 Å². The first-order valence-corrected chi connectivity index (χ1v) is 6.72. The number of rotatable bonds is 2. The molecule has 4 heteroatoms. The van der Waals surface area contributed by atoms with Gasteiger partial charge in [0.15, 0.2) is 0 Å². The van der Waals surface area contributed by atoms with Gasteiger partial charge in [0.1, 0.15) is 0 Å². The molecule has 1 fully saturated rings. The molecule has 1 aromatic carbocycles. The molecule has 2 rings (SSSR count). The topological polar surface area (TPSA) is 29.3 Å². The Morgan fingerprint density at radius 3 is 2.65 bits per heavy atom. The van der Waals surface area contributed by atoms with E-state index in [-0.39, 0.29) is 12.1 Å². The van der Waals surface area contributed by atoms with Crippen LogP contribution in [-0.2, 0) is 0 Å². The Balaban J connectivity index is 2.36. The van der Waals surface area contributed by atoms with Crippen LogP contribution >= 0.6 is 23.2 Å². The van der Waals surface area contributed by atoms with Gasteiger partial charge in [-0.05, 0) is 38.0 Å². The van der Waals surface area contributed by atoms with Crippen LogP contribution in [0.3, 0.4) is 0 Å². The van der Waals surface area contributed by atoms with Crippen LogP contribution in [0.2, 0.25) is 10.0 Å². The monoisotopic (exact) mass is 272 g/mol. The first kappa shape index (κ1) is 13.2. The van der Waals surface area contributed by atoms with E-state index in [9.17, 15) is 0 Å². The Morgan fingerprint density at radius 2 is 2.06 bits per heavy atom. The standard InChI is InChI=1S/C13H18Cl2N2/c1-8(2)17-6-5-12(16)13(17)10-4-3-9(14)7-11(10)15/h3-4,7-8,12-13H,5-6,16H2,1-2H3. The molecule has 1 aliphatic heterocycles. The number of likely N-dealkylation sites (tertiary alicyclic amines) is 1. The molecule has 0 saturated carbocycles. The van der Waals surface area contributed by atoms with Crippen molar-refractivity contribution in [3.8, 4) is 0 Å². The Labute approximate surface area is 113 Å². The quantitative estimate of drug-likeness (QED) is 0.893. The summed E-state index contributed by atoms with van der Waals surface area (Å²) in [6.45, 7) is 5.41. The Hall–Kier alpha value is -0.280. The molecule has 1 aliphatic rings. The molecule has 0 spiro atoms. The van der Waals surface area contributed by atoms with Crippen molar-refractivity contribution < 1.29 is 0 Å². The summed E-state index contributed by atoms with van der Waals surface area (Å²) >= 11 is 12.2. The fourth-order valence-electron chi connectivity index (χ4n) is 2.57. The van der Waals surface area contributed by atoms with Gasteiger partial charge in [-0.25, -0.2) is 0 Å². The number of nitrogens with two attached hydrogens (primary N) is 1. The fraction of sp³-hybridized carbons (Fsp3) is 0.538. The lowest BCUT2D eigenvalue weighted by atomic mass is 10.00. The predicted octanol–water partition coefficient (Wildman–Crippen LogP) is 3.48. The van der Waals surface area contributed by atoms with Gasteiger partial charge < -0.3 is 5.73 Å². The summed E-state index contributed by atoms with van der Waals surface area (Å²) in [6, 6.07) is 6.50. The first-order valence-electron chi connectivity index (χ1n) is 5.97. The molecular weight excluding hydrogens is 255 g/mol. The van der Waals surface area contributed by atoms with Crippen LogP contribution in [0.1, 0.15) is 31.9 Å². The third kappa shape index (κ3) is 2.60. The van der Waals surface area contributed by atoms with Gasteiger partial charge >= 0.3 is 0 Å². The van der Waals surface area contributed by atoms with Crippen molar-refractivity contribution in [2.24, 2.45) is 5.73 Å². The maximum Gasteiger partial charge on any atom is 0.0517 e. The number of benzene rings is 1. The van der Waals surface area contributed by atoms with Crippen LogP contribution in [0.4, 0.5) is 0 Å². The maximum absolute atomic E-state index is 6.28. The normalized spacial score (nSPS) is 25.8. The van der Waals surface area contributed by atoms with E-state index in [0.29, 0.717) is 16.1 Å². The summed E-state index contributed by atoms with van der Waals surface area (Å²) in [7, 11) is 0. The second kappa shape index (κ2) is 5.15. The minimum absolute atomic E-state index is 0.149. The zero-order valence-electron chi connectivity index (χ0n) is 10.2. The van der Waals surface area contributed by atoms with Gasteiger partial charge in [-0.3, -0.25) is 4.90 Å². The highest BCUT2D eigenvalue weighted by molar-refractivity contribution is 6.35. The molecule has 1 heterocycles. The van der Waals surface area contributed by atoms with Crippen molar-refractivity contribution in [2.45, 2.75) is 38.4 Å². The van der Waals surface area contributed by atoms with Gasteiger partial charge in [0.25, 0.3) is 0 Å². The van der Waals surface area contributed by atoms with E-state index in [2.05, 4.69) is 18.7 Å². The molecule has 0 bridgehead atoms. The number of halogens is 2. The summed E-state index contributed by atoms with van der Waals surface area (Å²) in [4.78, 5) is 2.40. The Bertz CT molecular complexity index is 406. The van der Waals surface area contributed by atoms with E-state index < -0.39 is 0 Å². The molecule has 2 nitrogen and oxygen atoms in total. The Kier molecular flexibility index (Phi) is 3.99. The molecule has 2 N–H and O–H groups in total. The van der Waals surface area contributed by atoms with Gasteiger partial charge in [-0.15, -0.1) is 0 Å². The van der Waals surface area contributed by atoms with Crippen molar-refractivity contribution in [3.05, 3.63) is 33.8 Å². The zero-order chi connectivity index (χ0) is 12.6. The second-order valence-corrected chi connectivity index (χ2v) is 5.74. The molecule has 94 valence electrons. The number of nitrogens with zero attached hydrogens (tertiary/aromatic N) is 1. The molecule has 1 aromatic rings. The lowest BCUT2D eigenvalue weighted by molar-refractivity contribution is 0.198. The van der Waals surface area contributed by atoms with Crippen molar-refractivity contribution in [3.63, 3.8) is 0 Å². The van der Waals surface area contributed by atoms with Crippen LogP contribution in [-0.4, -0.2) is 23.5 Å². The van der Waals surface area contributed by atoms with E-state index in [1.807, 2.05) is 12.1 Å². The van der Waals surface area contributed by atoms with Crippen LogP contribution in [0, 0.1) is 0 Å². The average Bonchev–Trinajstić information content (AvgIpc) is 2.60. The smallest absolute Gasteiger partial charge is 0.0517 e. The summed E-state index contributed by atoms with van der Waals surface area (Å²) < 4.78 is 0. The summed E-state index contributed by atoms with van der Waals surface area (Å²) in [5, 5.41) is 1.38. The maximum atomic E-state index is 6.28. The van der Waals surface area contributed by atoms with Gasteiger partial charge in [0.05, 0.1) is 6.04 Å². The fourth-order valence-corrected chi connectivity index (χ4v) is 3.09. The zero-order valence-corrected chi connectivity index (χ0v) is 11.7. The van der Waals surface area contributed by atoms with Gasteiger partial charge in [-0.1, -0.05) is 29.3 Å². The SMILES string of the molecule is CC(C)N1CCC(N)C1c1ccc(Cl)cc1Cl. The van der Waals surface area contributed by atoms with E-state index in [4.69, 9.17) is 28.9 Å². The number of hydrogen-bond donors (Lipinski definition) is 1. The molecule has 0 aromatic heterocycles. The molecule has 0 aliphatic carbocycles. The molecule has 0 amide bonds. The lowest BCUT2D eigenvalue weighted by Crippen LogP contribution is -2.36. The molecule has 0 radical (unpaired) electrons. The van der Waals surface area contributed by atoms with Crippen LogP contribution in [0.15, 0.2) is 18.2 Å². The molecule has 2 atom stereocenters. The largest absolute Gasteiger partial charge is 0.326 e. The average molecular weight is 273 g/mol.